The van der Waals surface area contributed by atoms with E-state index in [9.17, 15) is 23.1 Å². The van der Waals surface area contributed by atoms with E-state index in [0.29, 0.717) is 28.9 Å². The Balaban J connectivity index is 1.22. The molecule has 2 heterocycles. The number of nitrogens with zero attached hydrogens (tertiary/aromatic N) is 3. The fraction of sp³-hybridized carbons (Fsp3) is 0.241. The fourth-order valence-corrected chi connectivity index (χ4v) is 4.62. The highest BCUT2D eigenvalue weighted by atomic mass is 19.4. The number of rotatable bonds is 9. The second kappa shape index (κ2) is 10.7. The Kier molecular flexibility index (Phi) is 6.93. The van der Waals surface area contributed by atoms with E-state index in [-0.39, 0.29) is 59.0 Å². The number of carboxylic acid groups (broad SMARTS) is 1. The Hall–Kier alpha value is -5.07. The molecule has 0 saturated heterocycles. The maximum atomic E-state index is 13.0. The van der Waals surface area contributed by atoms with Crippen LogP contribution >= 0.6 is 0 Å². The van der Waals surface area contributed by atoms with E-state index in [1.807, 2.05) is 0 Å². The molecule has 42 heavy (non-hydrogen) atoms. The summed E-state index contributed by atoms with van der Waals surface area (Å²) in [5.74, 6) is -0.266. The SMILES string of the molecule is O=C(O)c1ccc(-c2noc(C3=CC(O)=C(OCc4c(-c5ccccc5OC(F)(F)F)noc4C4CC4)CC3)n2)cc1. The van der Waals surface area contributed by atoms with Crippen molar-refractivity contribution in [1.29, 1.82) is 0 Å². The molecule has 0 bridgehead atoms. The lowest BCUT2D eigenvalue weighted by molar-refractivity contribution is -0.274. The highest BCUT2D eigenvalue weighted by Crippen LogP contribution is 2.46. The molecule has 2 aromatic carbocycles. The number of carbonyl (C=O) groups is 1. The number of alkyl halides is 3. The van der Waals surface area contributed by atoms with Gasteiger partial charge in [0.25, 0.3) is 5.89 Å². The van der Waals surface area contributed by atoms with E-state index in [4.69, 9.17) is 18.9 Å². The average molecular weight is 582 g/mol. The molecule has 1 fully saturated rings. The van der Waals surface area contributed by atoms with E-state index in [1.165, 1.54) is 36.4 Å². The Labute approximate surface area is 235 Å². The quantitative estimate of drug-likeness (QED) is 0.212. The van der Waals surface area contributed by atoms with E-state index < -0.39 is 18.1 Å². The summed E-state index contributed by atoms with van der Waals surface area (Å²) in [6.07, 6.45) is -1.03. The summed E-state index contributed by atoms with van der Waals surface area (Å²) in [4.78, 5) is 15.4. The van der Waals surface area contributed by atoms with Gasteiger partial charge >= 0.3 is 12.3 Å². The van der Waals surface area contributed by atoms with Crippen molar-refractivity contribution in [3.8, 4) is 28.4 Å². The number of carboxylic acids is 1. The minimum atomic E-state index is -4.89. The third-order valence-electron chi connectivity index (χ3n) is 6.83. The van der Waals surface area contributed by atoms with Crippen molar-refractivity contribution in [2.75, 3.05) is 0 Å². The monoisotopic (exact) mass is 581 g/mol. The minimum absolute atomic E-state index is 0.0908. The maximum Gasteiger partial charge on any atom is 0.573 e. The van der Waals surface area contributed by atoms with Gasteiger partial charge < -0.3 is 28.7 Å². The molecule has 0 unspecified atom stereocenters. The summed E-state index contributed by atoms with van der Waals surface area (Å²) in [6, 6.07) is 11.7. The summed E-state index contributed by atoms with van der Waals surface area (Å²) in [5, 5.41) is 27.8. The first-order chi connectivity index (χ1) is 20.2. The Morgan fingerprint density at radius 2 is 1.79 bits per heavy atom. The molecular weight excluding hydrogens is 559 g/mol. The summed E-state index contributed by atoms with van der Waals surface area (Å²) >= 11 is 0. The fourth-order valence-electron chi connectivity index (χ4n) is 4.62. The summed E-state index contributed by atoms with van der Waals surface area (Å²) < 4.78 is 60.2. The molecule has 10 nitrogen and oxygen atoms in total. The highest BCUT2D eigenvalue weighted by Gasteiger charge is 2.36. The Morgan fingerprint density at radius 3 is 2.48 bits per heavy atom. The smallest absolute Gasteiger partial charge is 0.504 e. The Bertz CT molecular complexity index is 1700. The average Bonchev–Trinajstić information content (AvgIpc) is 3.52. The van der Waals surface area contributed by atoms with Gasteiger partial charge in [0.05, 0.1) is 11.1 Å². The van der Waals surface area contributed by atoms with Gasteiger partial charge in [0.1, 0.15) is 29.6 Å². The number of hydrogen-bond donors (Lipinski definition) is 2. The second-order valence-corrected chi connectivity index (χ2v) is 9.76. The van der Waals surface area contributed by atoms with Crippen LogP contribution in [0.2, 0.25) is 0 Å². The molecule has 0 aliphatic heterocycles. The third-order valence-corrected chi connectivity index (χ3v) is 6.83. The van der Waals surface area contributed by atoms with Gasteiger partial charge in [-0.2, -0.15) is 4.98 Å². The molecule has 6 rings (SSSR count). The molecule has 0 amide bonds. The van der Waals surface area contributed by atoms with Gasteiger partial charge in [-0.25, -0.2) is 4.79 Å². The predicted molar refractivity (Wildman–Crippen MR) is 139 cm³/mol. The van der Waals surface area contributed by atoms with Gasteiger partial charge in [0.2, 0.25) is 5.82 Å². The number of aliphatic hydroxyl groups excluding tert-OH is 1. The lowest BCUT2D eigenvalue weighted by Gasteiger charge is -2.17. The van der Waals surface area contributed by atoms with Crippen LogP contribution in [0.4, 0.5) is 13.2 Å². The zero-order valence-electron chi connectivity index (χ0n) is 21.7. The molecule has 1 saturated carbocycles. The Morgan fingerprint density at radius 1 is 1.02 bits per heavy atom. The van der Waals surface area contributed by atoms with Gasteiger partial charge in [-0.1, -0.05) is 34.6 Å². The first kappa shape index (κ1) is 27.1. The van der Waals surface area contributed by atoms with Crippen LogP contribution in [-0.4, -0.2) is 37.8 Å². The number of halogens is 3. The molecule has 216 valence electrons. The largest absolute Gasteiger partial charge is 0.573 e. The molecule has 4 aromatic rings. The number of ether oxygens (including phenoxy) is 2. The molecule has 0 atom stereocenters. The van der Waals surface area contributed by atoms with Crippen molar-refractivity contribution in [2.45, 2.75) is 44.6 Å². The maximum absolute atomic E-state index is 13.0. The van der Waals surface area contributed by atoms with Crippen LogP contribution < -0.4 is 4.74 Å². The minimum Gasteiger partial charge on any atom is -0.504 e. The number of para-hydroxylation sites is 1. The van der Waals surface area contributed by atoms with E-state index >= 15 is 0 Å². The van der Waals surface area contributed by atoms with E-state index in [1.54, 1.807) is 18.2 Å². The van der Waals surface area contributed by atoms with Crippen LogP contribution in [-0.2, 0) is 11.3 Å². The molecular formula is C29H22F3N3O7. The van der Waals surface area contributed by atoms with Gasteiger partial charge in [-0.15, -0.1) is 13.2 Å². The van der Waals surface area contributed by atoms with Crippen molar-refractivity contribution < 1.29 is 46.7 Å². The van der Waals surface area contributed by atoms with Crippen LogP contribution in [0.25, 0.3) is 28.2 Å². The molecule has 2 aliphatic rings. The van der Waals surface area contributed by atoms with Crippen LogP contribution in [0.5, 0.6) is 5.75 Å². The van der Waals surface area contributed by atoms with Crippen LogP contribution in [0.15, 0.2) is 75.2 Å². The van der Waals surface area contributed by atoms with Gasteiger partial charge in [-0.3, -0.25) is 0 Å². The zero-order chi connectivity index (χ0) is 29.4. The molecule has 2 aliphatic carbocycles. The number of hydrogen-bond acceptors (Lipinski definition) is 9. The van der Waals surface area contributed by atoms with Crippen molar-refractivity contribution in [1.82, 2.24) is 15.3 Å². The first-order valence-corrected chi connectivity index (χ1v) is 12.9. The number of aromatic carboxylic acids is 1. The van der Waals surface area contributed by atoms with Crippen LogP contribution in [0.1, 0.15) is 59.2 Å². The molecule has 0 radical (unpaired) electrons. The number of allylic oxidation sites excluding steroid dienone is 3. The van der Waals surface area contributed by atoms with Crippen LogP contribution in [0, 0.1) is 0 Å². The normalized spacial score (nSPS) is 15.5. The van der Waals surface area contributed by atoms with Crippen molar-refractivity contribution in [2.24, 2.45) is 0 Å². The standard InChI is InChI=1S/C29H22F3N3O7/c30-29(31,32)40-22-4-2-1-3-19(22)24-20(25(41-34-24)15-5-6-15)14-39-23-12-11-18(13-21(23)36)27-33-26(35-42-27)16-7-9-17(10-8-16)28(37)38/h1-4,7-10,13,15,36H,5-6,11-12,14H2,(H,37,38). The van der Waals surface area contributed by atoms with E-state index in [0.717, 1.165) is 12.8 Å². The topological polar surface area (TPSA) is 141 Å². The number of aliphatic hydroxyl groups is 1. The lowest BCUT2D eigenvalue weighted by Crippen LogP contribution is -2.17. The van der Waals surface area contributed by atoms with Crippen LogP contribution in [0.3, 0.4) is 0 Å². The molecule has 0 spiro atoms. The predicted octanol–water partition coefficient (Wildman–Crippen LogP) is 7.03. The second-order valence-electron chi connectivity index (χ2n) is 9.76. The molecule has 13 heteroatoms. The summed E-state index contributed by atoms with van der Waals surface area (Å²) in [6.45, 7) is -0.0926. The first-order valence-electron chi connectivity index (χ1n) is 12.9. The number of benzene rings is 2. The zero-order valence-corrected chi connectivity index (χ0v) is 21.7. The summed E-state index contributed by atoms with van der Waals surface area (Å²) in [5.41, 5.74) is 2.04. The molecule has 2 N–H and O–H groups in total. The van der Waals surface area contributed by atoms with Gasteiger partial charge in [0, 0.05) is 29.0 Å². The summed E-state index contributed by atoms with van der Waals surface area (Å²) in [7, 11) is 0. The van der Waals surface area contributed by atoms with Crippen molar-refractivity contribution in [3.05, 3.63) is 88.9 Å². The van der Waals surface area contributed by atoms with Gasteiger partial charge in [0.15, 0.2) is 5.76 Å². The highest BCUT2D eigenvalue weighted by molar-refractivity contribution is 5.88. The van der Waals surface area contributed by atoms with Gasteiger partial charge in [-0.05, 0) is 49.6 Å². The number of aromatic nitrogens is 3. The van der Waals surface area contributed by atoms with Crippen molar-refractivity contribution >= 4 is 11.5 Å². The third kappa shape index (κ3) is 5.71. The van der Waals surface area contributed by atoms with E-state index in [2.05, 4.69) is 20.0 Å². The lowest BCUT2D eigenvalue weighted by atomic mass is 10.0. The molecule has 2 aromatic heterocycles. The van der Waals surface area contributed by atoms with Crippen molar-refractivity contribution in [3.63, 3.8) is 0 Å².